The molecule has 0 amide bonds. The molecule has 0 heterocycles. The lowest BCUT2D eigenvalue weighted by Gasteiger charge is -2.18. The Labute approximate surface area is 136 Å². The van der Waals surface area contributed by atoms with Gasteiger partial charge in [-0.25, -0.2) is 0 Å². The molecule has 21 heavy (non-hydrogen) atoms. The molecule has 0 aliphatic heterocycles. The molecule has 0 aliphatic rings. The summed E-state index contributed by atoms with van der Waals surface area (Å²) in [6.45, 7) is 4.37. The van der Waals surface area contributed by atoms with Gasteiger partial charge >= 0.3 is 0 Å². The number of hydrogen-bond acceptors (Lipinski definition) is 2. The third kappa shape index (κ3) is 3.98. The standard InChI is InChI=1S/C17H20Cl2N2/c1-11(2)13-8-6-12(7-9-13)10-16(21-20)14-4-3-5-15(18)17(14)19/h3-9,11,16,21H,10,20H2,1-2H3. The van der Waals surface area contributed by atoms with Crippen molar-refractivity contribution in [3.05, 3.63) is 69.2 Å². The predicted molar refractivity (Wildman–Crippen MR) is 90.8 cm³/mol. The molecule has 0 fully saturated rings. The lowest BCUT2D eigenvalue weighted by atomic mass is 9.96. The number of benzene rings is 2. The second-order valence-corrected chi connectivity index (χ2v) is 6.25. The van der Waals surface area contributed by atoms with Crippen LogP contribution in [0.2, 0.25) is 10.0 Å². The van der Waals surface area contributed by atoms with Gasteiger partial charge in [0.15, 0.2) is 0 Å². The van der Waals surface area contributed by atoms with Crippen molar-refractivity contribution in [2.75, 3.05) is 0 Å². The van der Waals surface area contributed by atoms with E-state index in [0.29, 0.717) is 16.0 Å². The van der Waals surface area contributed by atoms with Crippen LogP contribution in [0.15, 0.2) is 42.5 Å². The Morgan fingerprint density at radius 1 is 1.05 bits per heavy atom. The van der Waals surface area contributed by atoms with Crippen LogP contribution in [0.4, 0.5) is 0 Å². The van der Waals surface area contributed by atoms with Crippen molar-refractivity contribution >= 4 is 23.2 Å². The van der Waals surface area contributed by atoms with Crippen LogP contribution >= 0.6 is 23.2 Å². The molecule has 0 saturated carbocycles. The van der Waals surface area contributed by atoms with Gasteiger partial charge in [0.25, 0.3) is 0 Å². The highest BCUT2D eigenvalue weighted by Gasteiger charge is 2.15. The first-order valence-corrected chi connectivity index (χ1v) is 7.77. The Kier molecular flexibility index (Phi) is 5.65. The second-order valence-electron chi connectivity index (χ2n) is 5.46. The number of halogens is 2. The van der Waals surface area contributed by atoms with Crippen LogP contribution in [-0.4, -0.2) is 0 Å². The smallest absolute Gasteiger partial charge is 0.0640 e. The van der Waals surface area contributed by atoms with E-state index in [1.165, 1.54) is 11.1 Å². The van der Waals surface area contributed by atoms with Crippen LogP contribution in [0, 0.1) is 0 Å². The first-order chi connectivity index (χ1) is 10.0. The average Bonchev–Trinajstić information content (AvgIpc) is 2.48. The van der Waals surface area contributed by atoms with Crippen molar-refractivity contribution < 1.29 is 0 Å². The number of nitrogens with two attached hydrogens (primary N) is 1. The zero-order valence-electron chi connectivity index (χ0n) is 12.2. The minimum atomic E-state index is -0.0684. The Hall–Kier alpha value is -1.06. The summed E-state index contributed by atoms with van der Waals surface area (Å²) >= 11 is 12.3. The van der Waals surface area contributed by atoms with E-state index in [4.69, 9.17) is 29.0 Å². The van der Waals surface area contributed by atoms with E-state index in [1.54, 1.807) is 6.07 Å². The molecule has 2 aromatic carbocycles. The third-order valence-corrected chi connectivity index (χ3v) is 4.48. The van der Waals surface area contributed by atoms with E-state index >= 15 is 0 Å². The lowest BCUT2D eigenvalue weighted by Crippen LogP contribution is -2.29. The highest BCUT2D eigenvalue weighted by Crippen LogP contribution is 2.31. The van der Waals surface area contributed by atoms with E-state index in [-0.39, 0.29) is 6.04 Å². The normalized spacial score (nSPS) is 12.7. The third-order valence-electron chi connectivity index (χ3n) is 3.64. The van der Waals surface area contributed by atoms with Crippen molar-refractivity contribution in [3.63, 3.8) is 0 Å². The summed E-state index contributed by atoms with van der Waals surface area (Å²) in [7, 11) is 0. The summed E-state index contributed by atoms with van der Waals surface area (Å²) in [4.78, 5) is 0. The number of hydrogen-bond donors (Lipinski definition) is 2. The van der Waals surface area contributed by atoms with Crippen LogP contribution in [-0.2, 0) is 6.42 Å². The highest BCUT2D eigenvalue weighted by molar-refractivity contribution is 6.42. The zero-order chi connectivity index (χ0) is 15.4. The van der Waals surface area contributed by atoms with Crippen LogP contribution in [0.3, 0.4) is 0 Å². The SMILES string of the molecule is CC(C)c1ccc(CC(NN)c2cccc(Cl)c2Cl)cc1. The summed E-state index contributed by atoms with van der Waals surface area (Å²) in [5.41, 5.74) is 6.28. The van der Waals surface area contributed by atoms with Crippen molar-refractivity contribution in [2.24, 2.45) is 5.84 Å². The van der Waals surface area contributed by atoms with Crippen molar-refractivity contribution in [2.45, 2.75) is 32.2 Å². The lowest BCUT2D eigenvalue weighted by molar-refractivity contribution is 0.552. The number of rotatable bonds is 5. The molecular formula is C17H20Cl2N2. The summed E-state index contributed by atoms with van der Waals surface area (Å²) in [6, 6.07) is 14.1. The van der Waals surface area contributed by atoms with Gasteiger partial charge in [0, 0.05) is 0 Å². The summed E-state index contributed by atoms with van der Waals surface area (Å²) in [6.07, 6.45) is 0.759. The molecule has 2 rings (SSSR count). The maximum absolute atomic E-state index is 6.27. The van der Waals surface area contributed by atoms with Crippen molar-refractivity contribution in [1.29, 1.82) is 0 Å². The van der Waals surface area contributed by atoms with E-state index < -0.39 is 0 Å². The fourth-order valence-corrected chi connectivity index (χ4v) is 2.76. The fourth-order valence-electron chi connectivity index (χ4n) is 2.32. The second kappa shape index (κ2) is 7.28. The zero-order valence-corrected chi connectivity index (χ0v) is 13.7. The molecule has 2 aromatic rings. The first kappa shape index (κ1) is 16.3. The van der Waals surface area contributed by atoms with Gasteiger partial charge in [0.1, 0.15) is 0 Å². The predicted octanol–water partition coefficient (Wildman–Crippen LogP) is 4.86. The van der Waals surface area contributed by atoms with Gasteiger partial charge in [-0.05, 0) is 35.1 Å². The van der Waals surface area contributed by atoms with E-state index in [0.717, 1.165) is 12.0 Å². The average molecular weight is 323 g/mol. The Bertz CT molecular complexity index is 594. The number of nitrogens with one attached hydrogen (secondary N) is 1. The Morgan fingerprint density at radius 3 is 2.29 bits per heavy atom. The van der Waals surface area contributed by atoms with E-state index in [1.807, 2.05) is 12.1 Å². The fraction of sp³-hybridized carbons (Fsp3) is 0.294. The Morgan fingerprint density at radius 2 is 1.71 bits per heavy atom. The molecule has 3 N–H and O–H groups in total. The van der Waals surface area contributed by atoms with Gasteiger partial charge in [-0.15, -0.1) is 0 Å². The molecular weight excluding hydrogens is 303 g/mol. The molecule has 0 bridgehead atoms. The quantitative estimate of drug-likeness (QED) is 0.609. The van der Waals surface area contributed by atoms with Gasteiger partial charge in [-0.2, -0.15) is 0 Å². The summed E-state index contributed by atoms with van der Waals surface area (Å²) in [5.74, 6) is 6.23. The monoisotopic (exact) mass is 322 g/mol. The molecule has 0 radical (unpaired) electrons. The number of hydrazine groups is 1. The summed E-state index contributed by atoms with van der Waals surface area (Å²) < 4.78 is 0. The largest absolute Gasteiger partial charge is 0.271 e. The topological polar surface area (TPSA) is 38.0 Å². The molecule has 2 nitrogen and oxygen atoms in total. The molecule has 0 saturated heterocycles. The van der Waals surface area contributed by atoms with Crippen LogP contribution in [0.25, 0.3) is 0 Å². The van der Waals surface area contributed by atoms with E-state index in [9.17, 15) is 0 Å². The van der Waals surface area contributed by atoms with Crippen LogP contribution in [0.5, 0.6) is 0 Å². The van der Waals surface area contributed by atoms with Crippen LogP contribution in [0.1, 0.15) is 42.5 Å². The van der Waals surface area contributed by atoms with Gasteiger partial charge in [-0.3, -0.25) is 11.3 Å². The molecule has 0 aliphatic carbocycles. The molecule has 1 atom stereocenters. The van der Waals surface area contributed by atoms with Gasteiger partial charge in [0.2, 0.25) is 0 Å². The minimum Gasteiger partial charge on any atom is -0.271 e. The Balaban J connectivity index is 2.21. The first-order valence-electron chi connectivity index (χ1n) is 7.01. The molecule has 1 unspecified atom stereocenters. The molecule has 0 aromatic heterocycles. The summed E-state index contributed by atoms with van der Waals surface area (Å²) in [5, 5.41) is 1.10. The maximum Gasteiger partial charge on any atom is 0.0640 e. The molecule has 112 valence electrons. The van der Waals surface area contributed by atoms with Crippen LogP contribution < -0.4 is 11.3 Å². The minimum absolute atomic E-state index is 0.0684. The van der Waals surface area contributed by atoms with Gasteiger partial charge < -0.3 is 0 Å². The molecule has 0 spiro atoms. The molecule has 4 heteroatoms. The highest BCUT2D eigenvalue weighted by atomic mass is 35.5. The van der Waals surface area contributed by atoms with Gasteiger partial charge in [-0.1, -0.05) is 73.4 Å². The maximum atomic E-state index is 6.27. The van der Waals surface area contributed by atoms with Gasteiger partial charge in [0.05, 0.1) is 16.1 Å². The van der Waals surface area contributed by atoms with Crippen molar-refractivity contribution in [3.8, 4) is 0 Å². The van der Waals surface area contributed by atoms with E-state index in [2.05, 4.69) is 43.5 Å². The van der Waals surface area contributed by atoms with Crippen molar-refractivity contribution in [1.82, 2.24) is 5.43 Å².